The predicted molar refractivity (Wildman–Crippen MR) is 76.9 cm³/mol. The fraction of sp³-hybridized carbons (Fsp3) is 0.471. The van der Waals surface area contributed by atoms with Crippen LogP contribution < -0.4 is 0 Å². The van der Waals surface area contributed by atoms with Gasteiger partial charge in [-0.25, -0.2) is 4.79 Å². The summed E-state index contributed by atoms with van der Waals surface area (Å²) in [5.74, 6) is -0.130. The SMILES string of the molecule is CCCC/C=C1\CC(C)(Cc2ccccc2)OC1=O. The maximum Gasteiger partial charge on any atom is 0.334 e. The maximum absolute atomic E-state index is 11.9. The lowest BCUT2D eigenvalue weighted by molar-refractivity contribution is -0.144. The number of esters is 1. The molecule has 2 rings (SSSR count). The highest BCUT2D eigenvalue weighted by Crippen LogP contribution is 2.33. The summed E-state index contributed by atoms with van der Waals surface area (Å²) in [4.78, 5) is 11.9. The lowest BCUT2D eigenvalue weighted by Gasteiger charge is -2.21. The Kier molecular flexibility index (Phi) is 4.41. The molecule has 19 heavy (non-hydrogen) atoms. The van der Waals surface area contributed by atoms with Crippen molar-refractivity contribution in [3.8, 4) is 0 Å². The van der Waals surface area contributed by atoms with E-state index >= 15 is 0 Å². The number of ether oxygens (including phenoxy) is 1. The van der Waals surface area contributed by atoms with E-state index in [4.69, 9.17) is 4.74 Å². The Morgan fingerprint density at radius 1 is 1.32 bits per heavy atom. The monoisotopic (exact) mass is 258 g/mol. The van der Waals surface area contributed by atoms with Gasteiger partial charge in [0.2, 0.25) is 0 Å². The normalized spacial score (nSPS) is 24.7. The quantitative estimate of drug-likeness (QED) is 0.452. The largest absolute Gasteiger partial charge is 0.455 e. The molecule has 2 heteroatoms. The molecule has 0 aliphatic carbocycles. The number of carbonyl (C=O) groups excluding carboxylic acids is 1. The molecule has 0 N–H and O–H groups in total. The first kappa shape index (κ1) is 13.9. The Hall–Kier alpha value is -1.57. The molecule has 102 valence electrons. The van der Waals surface area contributed by atoms with E-state index in [2.05, 4.69) is 25.1 Å². The molecule has 0 amide bonds. The average Bonchev–Trinajstić information content (AvgIpc) is 2.66. The van der Waals surface area contributed by atoms with Crippen molar-refractivity contribution in [2.24, 2.45) is 0 Å². The molecule has 1 fully saturated rings. The van der Waals surface area contributed by atoms with E-state index in [-0.39, 0.29) is 11.6 Å². The molecular formula is C17H22O2. The van der Waals surface area contributed by atoms with Crippen LogP contribution in [0.5, 0.6) is 0 Å². The van der Waals surface area contributed by atoms with E-state index < -0.39 is 0 Å². The van der Waals surface area contributed by atoms with Crippen molar-refractivity contribution in [2.45, 2.75) is 51.6 Å². The van der Waals surface area contributed by atoms with E-state index in [0.717, 1.165) is 37.7 Å². The molecule has 1 saturated heterocycles. The fourth-order valence-corrected chi connectivity index (χ4v) is 2.56. The van der Waals surface area contributed by atoms with Gasteiger partial charge in [0.25, 0.3) is 0 Å². The third-order valence-electron chi connectivity index (χ3n) is 3.53. The third kappa shape index (κ3) is 3.69. The van der Waals surface area contributed by atoms with Gasteiger partial charge < -0.3 is 4.74 Å². The molecule has 0 bridgehead atoms. The molecule has 2 nitrogen and oxygen atoms in total. The maximum atomic E-state index is 11.9. The molecule has 1 aliphatic heterocycles. The second kappa shape index (κ2) is 6.05. The first-order chi connectivity index (χ1) is 9.13. The number of carbonyl (C=O) groups is 1. The smallest absolute Gasteiger partial charge is 0.334 e. The summed E-state index contributed by atoms with van der Waals surface area (Å²) in [5, 5.41) is 0. The highest BCUT2D eigenvalue weighted by atomic mass is 16.6. The standard InChI is InChI=1S/C17H22O2/c1-3-4-6-11-15-13-17(2,19-16(15)18)12-14-9-7-5-8-10-14/h5,7-11H,3-4,6,12-13H2,1-2H3/b15-11+. The van der Waals surface area contributed by atoms with Gasteiger partial charge in [0.1, 0.15) is 5.60 Å². The van der Waals surface area contributed by atoms with Crippen LogP contribution in [0.1, 0.15) is 45.1 Å². The number of hydrogen-bond donors (Lipinski definition) is 0. The van der Waals surface area contributed by atoms with E-state index in [0.29, 0.717) is 0 Å². The zero-order chi connectivity index (χ0) is 13.7. The summed E-state index contributed by atoms with van der Waals surface area (Å²) in [5.41, 5.74) is 1.69. The van der Waals surface area contributed by atoms with E-state index in [1.807, 2.05) is 25.1 Å². The number of benzene rings is 1. The topological polar surface area (TPSA) is 26.3 Å². The van der Waals surface area contributed by atoms with E-state index in [9.17, 15) is 4.79 Å². The minimum absolute atomic E-state index is 0.130. The highest BCUT2D eigenvalue weighted by Gasteiger charge is 2.39. The fourth-order valence-electron chi connectivity index (χ4n) is 2.56. The molecule has 0 spiro atoms. The predicted octanol–water partition coefficient (Wildman–Crippen LogP) is 4.05. The molecule has 0 aromatic heterocycles. The lowest BCUT2D eigenvalue weighted by Crippen LogP contribution is -2.26. The van der Waals surface area contributed by atoms with Crippen molar-refractivity contribution in [1.29, 1.82) is 0 Å². The average molecular weight is 258 g/mol. The van der Waals surface area contributed by atoms with Gasteiger partial charge in [-0.1, -0.05) is 56.2 Å². The summed E-state index contributed by atoms with van der Waals surface area (Å²) in [6.07, 6.45) is 6.83. The number of hydrogen-bond acceptors (Lipinski definition) is 2. The van der Waals surface area contributed by atoms with Crippen LogP contribution in [0, 0.1) is 0 Å². The minimum atomic E-state index is -0.378. The molecule has 1 aromatic rings. The van der Waals surface area contributed by atoms with Gasteiger partial charge in [0.15, 0.2) is 0 Å². The summed E-state index contributed by atoms with van der Waals surface area (Å²) >= 11 is 0. The first-order valence-electron chi connectivity index (χ1n) is 7.09. The summed E-state index contributed by atoms with van der Waals surface area (Å²) < 4.78 is 5.59. The van der Waals surface area contributed by atoms with E-state index in [1.165, 1.54) is 5.56 Å². The molecule has 1 aliphatic rings. The number of rotatable bonds is 5. The van der Waals surface area contributed by atoms with Crippen LogP contribution in [0.25, 0.3) is 0 Å². The Morgan fingerprint density at radius 3 is 2.74 bits per heavy atom. The molecule has 0 saturated carbocycles. The van der Waals surface area contributed by atoms with Crippen molar-refractivity contribution >= 4 is 5.97 Å². The molecule has 0 radical (unpaired) electrons. The van der Waals surface area contributed by atoms with Crippen LogP contribution in [-0.2, 0) is 16.0 Å². The molecule has 1 aromatic carbocycles. The van der Waals surface area contributed by atoms with Crippen LogP contribution in [0.3, 0.4) is 0 Å². The number of allylic oxidation sites excluding steroid dienone is 1. The van der Waals surface area contributed by atoms with Gasteiger partial charge in [-0.2, -0.15) is 0 Å². The van der Waals surface area contributed by atoms with Crippen molar-refractivity contribution in [3.63, 3.8) is 0 Å². The van der Waals surface area contributed by atoms with Crippen LogP contribution in [0.4, 0.5) is 0 Å². The minimum Gasteiger partial charge on any atom is -0.455 e. The van der Waals surface area contributed by atoms with Gasteiger partial charge in [0, 0.05) is 18.4 Å². The Balaban J connectivity index is 2.02. The lowest BCUT2D eigenvalue weighted by atomic mass is 9.91. The first-order valence-corrected chi connectivity index (χ1v) is 7.09. The van der Waals surface area contributed by atoms with Crippen molar-refractivity contribution in [1.82, 2.24) is 0 Å². The summed E-state index contributed by atoms with van der Waals surface area (Å²) in [6.45, 7) is 4.18. The van der Waals surface area contributed by atoms with Crippen molar-refractivity contribution < 1.29 is 9.53 Å². The zero-order valence-corrected chi connectivity index (χ0v) is 11.8. The number of cyclic esters (lactones) is 1. The van der Waals surface area contributed by atoms with Gasteiger partial charge >= 0.3 is 5.97 Å². The van der Waals surface area contributed by atoms with Crippen molar-refractivity contribution in [3.05, 3.63) is 47.5 Å². The van der Waals surface area contributed by atoms with Gasteiger partial charge in [-0.05, 0) is 18.9 Å². The highest BCUT2D eigenvalue weighted by molar-refractivity contribution is 5.91. The van der Waals surface area contributed by atoms with Gasteiger partial charge in [-0.15, -0.1) is 0 Å². The van der Waals surface area contributed by atoms with Gasteiger partial charge in [-0.3, -0.25) is 0 Å². The number of unbranched alkanes of at least 4 members (excludes halogenated alkanes) is 2. The zero-order valence-electron chi connectivity index (χ0n) is 11.8. The summed E-state index contributed by atoms with van der Waals surface area (Å²) in [7, 11) is 0. The Labute approximate surface area is 115 Å². The Morgan fingerprint density at radius 2 is 2.05 bits per heavy atom. The summed E-state index contributed by atoms with van der Waals surface area (Å²) in [6, 6.07) is 10.2. The van der Waals surface area contributed by atoms with Crippen LogP contribution in [0.15, 0.2) is 42.0 Å². The molecule has 1 heterocycles. The van der Waals surface area contributed by atoms with Gasteiger partial charge in [0.05, 0.1) is 0 Å². The van der Waals surface area contributed by atoms with Crippen molar-refractivity contribution in [2.75, 3.05) is 0 Å². The Bertz CT molecular complexity index is 461. The van der Waals surface area contributed by atoms with Crippen LogP contribution >= 0.6 is 0 Å². The van der Waals surface area contributed by atoms with Crippen LogP contribution in [0.2, 0.25) is 0 Å². The molecule has 1 unspecified atom stereocenters. The van der Waals surface area contributed by atoms with E-state index in [1.54, 1.807) is 0 Å². The third-order valence-corrected chi connectivity index (χ3v) is 3.53. The molecular weight excluding hydrogens is 236 g/mol. The second-order valence-electron chi connectivity index (χ2n) is 5.55. The molecule has 1 atom stereocenters. The second-order valence-corrected chi connectivity index (χ2v) is 5.55. The van der Waals surface area contributed by atoms with Crippen LogP contribution in [-0.4, -0.2) is 11.6 Å².